The molecule has 106 valence electrons. The molecule has 0 unspecified atom stereocenters. The van der Waals surface area contributed by atoms with E-state index in [1.165, 1.54) is 6.07 Å². The van der Waals surface area contributed by atoms with Crippen LogP contribution in [0.25, 0.3) is 5.69 Å². The smallest absolute Gasteiger partial charge is 0.147 e. The molecule has 2 aromatic carbocycles. The van der Waals surface area contributed by atoms with Crippen molar-refractivity contribution in [2.24, 2.45) is 0 Å². The minimum Gasteiger partial charge on any atom is -0.379 e. The van der Waals surface area contributed by atoms with Gasteiger partial charge < -0.3 is 5.32 Å². The molecular formula is C16H13BrFN3. The van der Waals surface area contributed by atoms with E-state index in [1.807, 2.05) is 42.6 Å². The van der Waals surface area contributed by atoms with Gasteiger partial charge >= 0.3 is 0 Å². The average Bonchev–Trinajstić information content (AvgIpc) is 3.01. The molecule has 0 radical (unpaired) electrons. The maximum absolute atomic E-state index is 13.7. The molecule has 3 nitrogen and oxygen atoms in total. The fourth-order valence-electron chi connectivity index (χ4n) is 2.02. The van der Waals surface area contributed by atoms with Crippen LogP contribution in [0.5, 0.6) is 0 Å². The van der Waals surface area contributed by atoms with Crippen molar-refractivity contribution in [2.45, 2.75) is 6.54 Å². The molecule has 0 aliphatic heterocycles. The number of hydrogen-bond acceptors (Lipinski definition) is 2. The first kappa shape index (κ1) is 13.8. The first-order chi connectivity index (χ1) is 10.2. The van der Waals surface area contributed by atoms with E-state index >= 15 is 0 Å². The highest BCUT2D eigenvalue weighted by atomic mass is 79.9. The Morgan fingerprint density at radius 2 is 1.95 bits per heavy atom. The van der Waals surface area contributed by atoms with E-state index in [0.29, 0.717) is 12.2 Å². The first-order valence-electron chi connectivity index (χ1n) is 6.50. The van der Waals surface area contributed by atoms with Crippen LogP contribution in [0.1, 0.15) is 5.56 Å². The second kappa shape index (κ2) is 6.10. The summed E-state index contributed by atoms with van der Waals surface area (Å²) in [5, 5.41) is 7.27. The SMILES string of the molecule is Fc1cc(Br)ccc1NCc1ccc(-n2cccn2)cc1. The molecular weight excluding hydrogens is 333 g/mol. The fraction of sp³-hybridized carbons (Fsp3) is 0.0625. The summed E-state index contributed by atoms with van der Waals surface area (Å²) >= 11 is 3.24. The number of benzene rings is 2. The summed E-state index contributed by atoms with van der Waals surface area (Å²) in [6.45, 7) is 0.567. The van der Waals surface area contributed by atoms with Gasteiger partial charge in [-0.25, -0.2) is 9.07 Å². The molecule has 0 amide bonds. The Morgan fingerprint density at radius 3 is 2.62 bits per heavy atom. The number of nitrogens with one attached hydrogen (secondary N) is 1. The largest absolute Gasteiger partial charge is 0.379 e. The highest BCUT2D eigenvalue weighted by Gasteiger charge is 2.02. The van der Waals surface area contributed by atoms with E-state index in [9.17, 15) is 4.39 Å². The second-order valence-corrected chi connectivity index (χ2v) is 5.51. The molecule has 0 saturated carbocycles. The zero-order chi connectivity index (χ0) is 14.7. The summed E-state index contributed by atoms with van der Waals surface area (Å²) in [6.07, 6.45) is 3.64. The summed E-state index contributed by atoms with van der Waals surface area (Å²) in [7, 11) is 0. The molecule has 3 rings (SSSR count). The van der Waals surface area contributed by atoms with E-state index in [0.717, 1.165) is 15.7 Å². The van der Waals surface area contributed by atoms with E-state index in [4.69, 9.17) is 0 Å². The summed E-state index contributed by atoms with van der Waals surface area (Å²) in [5.41, 5.74) is 2.57. The highest BCUT2D eigenvalue weighted by Crippen LogP contribution is 2.20. The van der Waals surface area contributed by atoms with Crippen LogP contribution in [0.3, 0.4) is 0 Å². The van der Waals surface area contributed by atoms with Crippen molar-refractivity contribution in [1.29, 1.82) is 0 Å². The van der Waals surface area contributed by atoms with Crippen LogP contribution in [-0.2, 0) is 6.54 Å². The van der Waals surface area contributed by atoms with Gasteiger partial charge in [-0.1, -0.05) is 28.1 Å². The maximum atomic E-state index is 13.7. The number of halogens is 2. The molecule has 1 heterocycles. The molecule has 0 aliphatic rings. The normalized spacial score (nSPS) is 10.6. The van der Waals surface area contributed by atoms with Gasteiger partial charge in [0.1, 0.15) is 5.82 Å². The quantitative estimate of drug-likeness (QED) is 0.760. The number of nitrogens with zero attached hydrogens (tertiary/aromatic N) is 2. The Hall–Kier alpha value is -2.14. The van der Waals surface area contributed by atoms with Gasteiger partial charge in [0, 0.05) is 23.4 Å². The van der Waals surface area contributed by atoms with Crippen LogP contribution in [0.4, 0.5) is 10.1 Å². The third kappa shape index (κ3) is 3.31. The Labute approximate surface area is 130 Å². The maximum Gasteiger partial charge on any atom is 0.147 e. The fourth-order valence-corrected chi connectivity index (χ4v) is 2.35. The number of hydrogen-bond donors (Lipinski definition) is 1. The highest BCUT2D eigenvalue weighted by molar-refractivity contribution is 9.10. The van der Waals surface area contributed by atoms with Crippen LogP contribution in [0.15, 0.2) is 65.4 Å². The van der Waals surface area contributed by atoms with Gasteiger partial charge in [0.25, 0.3) is 0 Å². The third-order valence-corrected chi connectivity index (χ3v) is 3.61. The van der Waals surface area contributed by atoms with Gasteiger partial charge in [-0.3, -0.25) is 0 Å². The molecule has 1 N–H and O–H groups in total. The van der Waals surface area contributed by atoms with Crippen LogP contribution in [0.2, 0.25) is 0 Å². The Balaban J connectivity index is 1.68. The molecule has 21 heavy (non-hydrogen) atoms. The number of rotatable bonds is 4. The molecule has 0 saturated heterocycles. The van der Waals surface area contributed by atoms with E-state index in [2.05, 4.69) is 26.3 Å². The number of anilines is 1. The van der Waals surface area contributed by atoms with Gasteiger partial charge in [0.15, 0.2) is 0 Å². The lowest BCUT2D eigenvalue weighted by molar-refractivity contribution is 0.629. The predicted molar refractivity (Wildman–Crippen MR) is 85.0 cm³/mol. The van der Waals surface area contributed by atoms with E-state index < -0.39 is 0 Å². The molecule has 0 spiro atoms. The topological polar surface area (TPSA) is 29.9 Å². The van der Waals surface area contributed by atoms with Crippen LogP contribution < -0.4 is 5.32 Å². The molecule has 0 atom stereocenters. The lowest BCUT2D eigenvalue weighted by Gasteiger charge is -2.09. The third-order valence-electron chi connectivity index (χ3n) is 3.12. The minimum absolute atomic E-state index is 0.266. The lowest BCUT2D eigenvalue weighted by Crippen LogP contribution is -2.02. The summed E-state index contributed by atoms with van der Waals surface area (Å²) in [6, 6.07) is 14.8. The van der Waals surface area contributed by atoms with Crippen molar-refractivity contribution in [3.8, 4) is 5.69 Å². The average molecular weight is 346 g/mol. The standard InChI is InChI=1S/C16H13BrFN3/c17-13-4-7-16(15(18)10-13)19-11-12-2-5-14(6-3-12)21-9-1-8-20-21/h1-10,19H,11H2. The van der Waals surface area contributed by atoms with Crippen LogP contribution in [0, 0.1) is 5.82 Å². The van der Waals surface area contributed by atoms with Crippen LogP contribution in [-0.4, -0.2) is 9.78 Å². The summed E-state index contributed by atoms with van der Waals surface area (Å²) in [5.74, 6) is -0.266. The molecule has 1 aromatic heterocycles. The van der Waals surface area contributed by atoms with Crippen LogP contribution >= 0.6 is 15.9 Å². The minimum atomic E-state index is -0.266. The Bertz CT molecular complexity index is 724. The predicted octanol–water partition coefficient (Wildman–Crippen LogP) is 4.39. The first-order valence-corrected chi connectivity index (χ1v) is 7.29. The van der Waals surface area contributed by atoms with Crippen molar-refractivity contribution >= 4 is 21.6 Å². The van der Waals surface area contributed by atoms with Crippen molar-refractivity contribution in [1.82, 2.24) is 9.78 Å². The molecule has 3 aromatic rings. The van der Waals surface area contributed by atoms with Crippen molar-refractivity contribution in [3.63, 3.8) is 0 Å². The zero-order valence-corrected chi connectivity index (χ0v) is 12.7. The van der Waals surface area contributed by atoms with Crippen molar-refractivity contribution in [3.05, 3.63) is 76.8 Å². The molecule has 5 heteroatoms. The lowest BCUT2D eigenvalue weighted by atomic mass is 10.2. The Kier molecular flexibility index (Phi) is 4.01. The molecule has 0 bridgehead atoms. The van der Waals surface area contributed by atoms with E-state index in [1.54, 1.807) is 16.9 Å². The number of aromatic nitrogens is 2. The molecule has 0 fully saturated rings. The van der Waals surface area contributed by atoms with E-state index in [-0.39, 0.29) is 5.82 Å². The van der Waals surface area contributed by atoms with Gasteiger partial charge in [0.05, 0.1) is 11.4 Å². The zero-order valence-electron chi connectivity index (χ0n) is 11.1. The molecule has 0 aliphatic carbocycles. The van der Waals surface area contributed by atoms with Gasteiger partial charge in [-0.15, -0.1) is 0 Å². The second-order valence-electron chi connectivity index (χ2n) is 4.59. The van der Waals surface area contributed by atoms with Crippen molar-refractivity contribution < 1.29 is 4.39 Å². The monoisotopic (exact) mass is 345 g/mol. The summed E-state index contributed by atoms with van der Waals surface area (Å²) < 4.78 is 16.2. The Morgan fingerprint density at radius 1 is 1.14 bits per heavy atom. The van der Waals surface area contributed by atoms with Gasteiger partial charge in [0.2, 0.25) is 0 Å². The van der Waals surface area contributed by atoms with Crippen molar-refractivity contribution in [2.75, 3.05) is 5.32 Å². The van der Waals surface area contributed by atoms with Gasteiger partial charge in [-0.05, 0) is 42.0 Å². The van der Waals surface area contributed by atoms with Gasteiger partial charge in [-0.2, -0.15) is 5.10 Å². The summed E-state index contributed by atoms with van der Waals surface area (Å²) in [4.78, 5) is 0.